The quantitative estimate of drug-likeness (QED) is 0.545. The molecule has 0 rings (SSSR count). The SMILES string of the molecule is CNC(C)C(=O)N(C)CC(N)=O. The third-order valence-corrected chi connectivity index (χ3v) is 1.57. The summed E-state index contributed by atoms with van der Waals surface area (Å²) in [5, 5.41) is 2.78. The monoisotopic (exact) mass is 173 g/mol. The van der Waals surface area contributed by atoms with Gasteiger partial charge in [-0.3, -0.25) is 9.59 Å². The van der Waals surface area contributed by atoms with E-state index < -0.39 is 5.91 Å². The normalized spacial score (nSPS) is 12.2. The van der Waals surface area contributed by atoms with Crippen LogP contribution >= 0.6 is 0 Å². The zero-order valence-electron chi connectivity index (χ0n) is 7.63. The highest BCUT2D eigenvalue weighted by molar-refractivity contribution is 5.86. The molecule has 3 N–H and O–H groups in total. The Morgan fingerprint density at radius 3 is 2.42 bits per heavy atom. The number of carbonyl (C=O) groups is 2. The highest BCUT2D eigenvalue weighted by atomic mass is 16.2. The molecule has 0 radical (unpaired) electrons. The summed E-state index contributed by atoms with van der Waals surface area (Å²) in [6.45, 7) is 1.69. The average molecular weight is 173 g/mol. The van der Waals surface area contributed by atoms with Gasteiger partial charge in [-0.25, -0.2) is 0 Å². The van der Waals surface area contributed by atoms with Gasteiger partial charge in [0.2, 0.25) is 11.8 Å². The number of carbonyl (C=O) groups excluding carboxylic acids is 2. The maximum absolute atomic E-state index is 11.3. The van der Waals surface area contributed by atoms with E-state index >= 15 is 0 Å². The van der Waals surface area contributed by atoms with Crippen LogP contribution in [-0.4, -0.2) is 43.4 Å². The molecule has 0 aromatic heterocycles. The predicted molar refractivity (Wildman–Crippen MR) is 45.4 cm³/mol. The van der Waals surface area contributed by atoms with Gasteiger partial charge in [-0.05, 0) is 14.0 Å². The first kappa shape index (κ1) is 10.9. The third kappa shape index (κ3) is 3.34. The molecule has 1 unspecified atom stereocenters. The van der Waals surface area contributed by atoms with Crippen LogP contribution in [0.25, 0.3) is 0 Å². The molecule has 0 bridgehead atoms. The van der Waals surface area contributed by atoms with Gasteiger partial charge < -0.3 is 16.0 Å². The summed E-state index contributed by atoms with van der Waals surface area (Å²) < 4.78 is 0. The summed E-state index contributed by atoms with van der Waals surface area (Å²) in [5.74, 6) is -0.648. The van der Waals surface area contributed by atoms with Crippen molar-refractivity contribution in [2.75, 3.05) is 20.6 Å². The van der Waals surface area contributed by atoms with Gasteiger partial charge in [0.15, 0.2) is 0 Å². The molecule has 0 aromatic carbocycles. The fourth-order valence-corrected chi connectivity index (χ4v) is 0.766. The molecule has 0 aliphatic heterocycles. The zero-order valence-corrected chi connectivity index (χ0v) is 7.63. The summed E-state index contributed by atoms with van der Waals surface area (Å²) in [6.07, 6.45) is 0. The summed E-state index contributed by atoms with van der Waals surface area (Å²) in [4.78, 5) is 23.0. The summed E-state index contributed by atoms with van der Waals surface area (Å²) >= 11 is 0. The maximum atomic E-state index is 11.3. The van der Waals surface area contributed by atoms with Crippen LogP contribution in [0.15, 0.2) is 0 Å². The number of likely N-dealkylation sites (N-methyl/N-ethyl adjacent to an activating group) is 2. The van der Waals surface area contributed by atoms with Crippen molar-refractivity contribution in [1.82, 2.24) is 10.2 Å². The second-order valence-electron chi connectivity index (χ2n) is 2.67. The van der Waals surface area contributed by atoms with Gasteiger partial charge in [0.05, 0.1) is 12.6 Å². The first-order chi connectivity index (χ1) is 5.49. The minimum absolute atomic E-state index is 0.0369. The summed E-state index contributed by atoms with van der Waals surface area (Å²) in [5.41, 5.74) is 4.92. The van der Waals surface area contributed by atoms with Crippen LogP contribution < -0.4 is 11.1 Å². The molecule has 0 aromatic rings. The molecule has 0 saturated carbocycles. The van der Waals surface area contributed by atoms with Crippen LogP contribution in [0.3, 0.4) is 0 Å². The Bertz CT molecular complexity index is 181. The van der Waals surface area contributed by atoms with Crippen molar-refractivity contribution in [2.24, 2.45) is 5.73 Å². The van der Waals surface area contributed by atoms with Crippen LogP contribution in [0.2, 0.25) is 0 Å². The van der Waals surface area contributed by atoms with Crippen molar-refractivity contribution in [2.45, 2.75) is 13.0 Å². The van der Waals surface area contributed by atoms with E-state index in [1.54, 1.807) is 21.0 Å². The van der Waals surface area contributed by atoms with E-state index in [0.29, 0.717) is 0 Å². The van der Waals surface area contributed by atoms with E-state index in [-0.39, 0.29) is 18.5 Å². The van der Waals surface area contributed by atoms with E-state index in [0.717, 1.165) is 0 Å². The summed E-state index contributed by atoms with van der Waals surface area (Å²) in [7, 11) is 3.22. The molecule has 5 heteroatoms. The van der Waals surface area contributed by atoms with Crippen molar-refractivity contribution in [3.05, 3.63) is 0 Å². The number of rotatable bonds is 4. The molecular formula is C7H15N3O2. The van der Waals surface area contributed by atoms with E-state index in [4.69, 9.17) is 5.73 Å². The first-order valence-corrected chi connectivity index (χ1v) is 3.69. The molecule has 70 valence electrons. The van der Waals surface area contributed by atoms with Gasteiger partial charge in [-0.15, -0.1) is 0 Å². The molecule has 1 atom stereocenters. The molecule has 0 saturated heterocycles. The second kappa shape index (κ2) is 4.71. The van der Waals surface area contributed by atoms with Gasteiger partial charge in [0.25, 0.3) is 0 Å². The van der Waals surface area contributed by atoms with Gasteiger partial charge in [0.1, 0.15) is 0 Å². The topological polar surface area (TPSA) is 75.4 Å². The lowest BCUT2D eigenvalue weighted by Gasteiger charge is -2.19. The van der Waals surface area contributed by atoms with Gasteiger partial charge >= 0.3 is 0 Å². The Morgan fingerprint density at radius 1 is 1.58 bits per heavy atom. The van der Waals surface area contributed by atoms with Crippen LogP contribution in [0.4, 0.5) is 0 Å². The Kier molecular flexibility index (Phi) is 4.28. The van der Waals surface area contributed by atoms with E-state index in [2.05, 4.69) is 5.32 Å². The van der Waals surface area contributed by atoms with E-state index in [1.807, 2.05) is 0 Å². The number of hydrogen-bond acceptors (Lipinski definition) is 3. The Balaban J connectivity index is 4.01. The number of nitrogens with two attached hydrogens (primary N) is 1. The molecule has 0 heterocycles. The minimum Gasteiger partial charge on any atom is -0.368 e. The third-order valence-electron chi connectivity index (χ3n) is 1.57. The number of nitrogens with zero attached hydrogens (tertiary/aromatic N) is 1. The van der Waals surface area contributed by atoms with E-state index in [1.165, 1.54) is 4.90 Å². The largest absolute Gasteiger partial charge is 0.368 e. The average Bonchev–Trinajstić information content (AvgIpc) is 2.00. The van der Waals surface area contributed by atoms with Gasteiger partial charge in [-0.2, -0.15) is 0 Å². The smallest absolute Gasteiger partial charge is 0.239 e. The molecule has 0 aliphatic carbocycles. The fraction of sp³-hybridized carbons (Fsp3) is 0.714. The summed E-state index contributed by atoms with van der Waals surface area (Å²) in [6, 6.07) is -0.283. The maximum Gasteiger partial charge on any atom is 0.239 e. The first-order valence-electron chi connectivity index (χ1n) is 3.69. The number of hydrogen-bond donors (Lipinski definition) is 2. The van der Waals surface area contributed by atoms with E-state index in [9.17, 15) is 9.59 Å². The molecule has 0 aliphatic rings. The second-order valence-corrected chi connectivity index (χ2v) is 2.67. The predicted octanol–water partition coefficient (Wildman–Crippen LogP) is -1.46. The van der Waals surface area contributed by atoms with Crippen molar-refractivity contribution < 1.29 is 9.59 Å². The molecule has 2 amide bonds. The van der Waals surface area contributed by atoms with Crippen molar-refractivity contribution in [3.8, 4) is 0 Å². The highest BCUT2D eigenvalue weighted by Crippen LogP contribution is 1.89. The highest BCUT2D eigenvalue weighted by Gasteiger charge is 2.16. The molecular weight excluding hydrogens is 158 g/mol. The fourth-order valence-electron chi connectivity index (χ4n) is 0.766. The lowest BCUT2D eigenvalue weighted by molar-refractivity contribution is -0.135. The number of nitrogens with one attached hydrogen (secondary N) is 1. The zero-order chi connectivity index (χ0) is 9.72. The van der Waals surface area contributed by atoms with Crippen molar-refractivity contribution >= 4 is 11.8 Å². The molecule has 5 nitrogen and oxygen atoms in total. The number of amides is 2. The Hall–Kier alpha value is -1.10. The van der Waals surface area contributed by atoms with Crippen LogP contribution in [0.5, 0.6) is 0 Å². The molecule has 12 heavy (non-hydrogen) atoms. The van der Waals surface area contributed by atoms with Crippen molar-refractivity contribution in [3.63, 3.8) is 0 Å². The molecule has 0 spiro atoms. The van der Waals surface area contributed by atoms with Crippen LogP contribution in [0, 0.1) is 0 Å². The van der Waals surface area contributed by atoms with Gasteiger partial charge in [-0.1, -0.05) is 0 Å². The van der Waals surface area contributed by atoms with Crippen LogP contribution in [0.1, 0.15) is 6.92 Å². The number of primary amides is 1. The Labute approximate surface area is 71.9 Å². The standard InChI is InChI=1S/C7H15N3O2/c1-5(9-2)7(12)10(3)4-6(8)11/h5,9H,4H2,1-3H3,(H2,8,11). The van der Waals surface area contributed by atoms with Gasteiger partial charge in [0, 0.05) is 7.05 Å². The van der Waals surface area contributed by atoms with Crippen molar-refractivity contribution in [1.29, 1.82) is 0 Å². The lowest BCUT2D eigenvalue weighted by atomic mass is 10.3. The minimum atomic E-state index is -0.505. The lowest BCUT2D eigenvalue weighted by Crippen LogP contribution is -2.44. The Morgan fingerprint density at radius 2 is 2.08 bits per heavy atom. The molecule has 0 fully saturated rings. The van der Waals surface area contributed by atoms with Crippen LogP contribution in [-0.2, 0) is 9.59 Å².